The number of nitrogen functional groups attached to an aromatic ring is 1. The number of anilines is 1. The average Bonchev–Trinajstić information content (AvgIpc) is 2.34. The third-order valence-electron chi connectivity index (χ3n) is 2.15. The smallest absolute Gasteiger partial charge is 0.337 e. The van der Waals surface area contributed by atoms with Crippen molar-refractivity contribution in [2.45, 2.75) is 9.92 Å². The van der Waals surface area contributed by atoms with Gasteiger partial charge >= 0.3 is 5.97 Å². The number of carboxylic acids is 1. The molecule has 0 unspecified atom stereocenters. The Bertz CT molecular complexity index is 587. The Balaban J connectivity index is 2.24. The molecule has 1 aromatic carbocycles. The number of aromatic nitrogens is 1. The normalized spacial score (nSPS) is 10.3. The first-order valence-electron chi connectivity index (χ1n) is 4.98. The summed E-state index contributed by atoms with van der Waals surface area (Å²) in [5, 5.41) is 9.27. The Morgan fingerprint density at radius 2 is 2.00 bits per heavy atom. The minimum Gasteiger partial charge on any atom is -0.478 e. The maximum Gasteiger partial charge on any atom is 0.337 e. The molecule has 18 heavy (non-hydrogen) atoms. The molecule has 0 aliphatic rings. The summed E-state index contributed by atoms with van der Waals surface area (Å²) in [4.78, 5) is 15.5. The molecule has 0 saturated carbocycles. The van der Waals surface area contributed by atoms with Crippen LogP contribution in [0, 0.1) is 5.82 Å². The predicted octanol–water partition coefficient (Wildman–Crippen LogP) is 2.65. The molecule has 0 bridgehead atoms. The lowest BCUT2D eigenvalue weighted by Crippen LogP contribution is -2.00. The third kappa shape index (κ3) is 2.78. The number of pyridine rings is 1. The summed E-state index contributed by atoms with van der Waals surface area (Å²) in [7, 11) is 0. The molecule has 1 aromatic heterocycles. The molecule has 3 N–H and O–H groups in total. The quantitative estimate of drug-likeness (QED) is 0.891. The largest absolute Gasteiger partial charge is 0.478 e. The zero-order valence-electron chi connectivity index (χ0n) is 9.13. The van der Waals surface area contributed by atoms with Crippen LogP contribution in [0.15, 0.2) is 46.5 Å². The first-order valence-corrected chi connectivity index (χ1v) is 5.80. The van der Waals surface area contributed by atoms with Crippen molar-refractivity contribution in [3.05, 3.63) is 47.9 Å². The molecule has 0 spiro atoms. The summed E-state index contributed by atoms with van der Waals surface area (Å²) in [6.07, 6.45) is 1.24. The number of hydrogen-bond acceptors (Lipinski definition) is 4. The van der Waals surface area contributed by atoms with E-state index in [9.17, 15) is 9.18 Å². The maximum absolute atomic E-state index is 12.7. The molecule has 6 heteroatoms. The van der Waals surface area contributed by atoms with Gasteiger partial charge in [-0.05, 0) is 30.3 Å². The molecular formula is C12H9FN2O2S. The third-order valence-corrected chi connectivity index (χ3v) is 3.20. The van der Waals surface area contributed by atoms with Crippen LogP contribution in [0.3, 0.4) is 0 Å². The second kappa shape index (κ2) is 5.05. The van der Waals surface area contributed by atoms with Gasteiger partial charge in [-0.25, -0.2) is 14.2 Å². The zero-order chi connectivity index (χ0) is 13.1. The van der Waals surface area contributed by atoms with Gasteiger partial charge in [0.05, 0.1) is 11.3 Å². The highest BCUT2D eigenvalue weighted by molar-refractivity contribution is 7.99. The van der Waals surface area contributed by atoms with Gasteiger partial charge in [0.2, 0.25) is 0 Å². The van der Waals surface area contributed by atoms with E-state index >= 15 is 0 Å². The molecule has 0 aliphatic heterocycles. The number of carbonyl (C=O) groups is 1. The standard InChI is InChI=1S/C12H9FN2O2S/c13-8-1-3-9(4-2-8)18-11-10(14)5-7(6-15-11)12(16)17/h1-6H,14H2,(H,16,17). The lowest BCUT2D eigenvalue weighted by atomic mass is 10.3. The van der Waals surface area contributed by atoms with E-state index in [2.05, 4.69) is 4.98 Å². The van der Waals surface area contributed by atoms with Gasteiger partial charge in [0.25, 0.3) is 0 Å². The van der Waals surface area contributed by atoms with E-state index in [0.29, 0.717) is 5.03 Å². The van der Waals surface area contributed by atoms with Crippen LogP contribution in [0.4, 0.5) is 10.1 Å². The van der Waals surface area contributed by atoms with Crippen molar-refractivity contribution in [2.75, 3.05) is 5.73 Å². The van der Waals surface area contributed by atoms with Gasteiger partial charge in [-0.2, -0.15) is 0 Å². The van der Waals surface area contributed by atoms with Crippen molar-refractivity contribution in [3.63, 3.8) is 0 Å². The molecule has 1 heterocycles. The highest BCUT2D eigenvalue weighted by Gasteiger charge is 2.09. The number of nitrogens with two attached hydrogens (primary N) is 1. The fourth-order valence-electron chi connectivity index (χ4n) is 1.29. The Labute approximate surface area is 107 Å². The van der Waals surface area contributed by atoms with Gasteiger partial charge in [-0.1, -0.05) is 11.8 Å². The van der Waals surface area contributed by atoms with Crippen LogP contribution in [0.5, 0.6) is 0 Å². The van der Waals surface area contributed by atoms with E-state index in [0.717, 1.165) is 4.90 Å². The molecular weight excluding hydrogens is 255 g/mol. The fraction of sp³-hybridized carbons (Fsp3) is 0. The predicted molar refractivity (Wildman–Crippen MR) is 66.1 cm³/mol. The van der Waals surface area contributed by atoms with Crippen molar-refractivity contribution >= 4 is 23.4 Å². The molecule has 0 radical (unpaired) electrons. The topological polar surface area (TPSA) is 76.2 Å². The van der Waals surface area contributed by atoms with Crippen molar-refractivity contribution in [1.82, 2.24) is 4.98 Å². The number of rotatable bonds is 3. The number of aromatic carboxylic acids is 1. The van der Waals surface area contributed by atoms with E-state index in [1.165, 1.54) is 36.2 Å². The van der Waals surface area contributed by atoms with Gasteiger partial charge in [0, 0.05) is 11.1 Å². The molecule has 0 aliphatic carbocycles. The van der Waals surface area contributed by atoms with E-state index in [1.807, 2.05) is 0 Å². The second-order valence-corrected chi connectivity index (χ2v) is 4.54. The fourth-order valence-corrected chi connectivity index (χ4v) is 2.06. The van der Waals surface area contributed by atoms with Crippen LogP contribution in [-0.4, -0.2) is 16.1 Å². The van der Waals surface area contributed by atoms with Crippen LogP contribution in [0.1, 0.15) is 10.4 Å². The van der Waals surface area contributed by atoms with Crippen molar-refractivity contribution in [3.8, 4) is 0 Å². The minimum atomic E-state index is -1.08. The molecule has 2 rings (SSSR count). The molecule has 0 fully saturated rings. The zero-order valence-corrected chi connectivity index (χ0v) is 9.95. The van der Waals surface area contributed by atoms with Crippen molar-refractivity contribution < 1.29 is 14.3 Å². The van der Waals surface area contributed by atoms with Gasteiger partial charge in [-0.15, -0.1) is 0 Å². The Hall–Kier alpha value is -2.08. The maximum atomic E-state index is 12.7. The minimum absolute atomic E-state index is 0.0379. The van der Waals surface area contributed by atoms with E-state index in [1.54, 1.807) is 12.1 Å². The number of hydrogen-bond donors (Lipinski definition) is 2. The molecule has 0 saturated heterocycles. The number of nitrogens with zero attached hydrogens (tertiary/aromatic N) is 1. The second-order valence-electron chi connectivity index (χ2n) is 3.48. The first kappa shape index (κ1) is 12.4. The van der Waals surface area contributed by atoms with Crippen LogP contribution in [0.2, 0.25) is 0 Å². The van der Waals surface area contributed by atoms with Crippen LogP contribution in [0.25, 0.3) is 0 Å². The monoisotopic (exact) mass is 264 g/mol. The highest BCUT2D eigenvalue weighted by Crippen LogP contribution is 2.30. The van der Waals surface area contributed by atoms with Crippen LogP contribution < -0.4 is 5.73 Å². The summed E-state index contributed by atoms with van der Waals surface area (Å²) in [6.45, 7) is 0. The average molecular weight is 264 g/mol. The Morgan fingerprint density at radius 3 is 2.56 bits per heavy atom. The van der Waals surface area contributed by atoms with Crippen molar-refractivity contribution in [1.29, 1.82) is 0 Å². The van der Waals surface area contributed by atoms with E-state index < -0.39 is 5.97 Å². The summed E-state index contributed by atoms with van der Waals surface area (Å²) < 4.78 is 12.7. The van der Waals surface area contributed by atoms with Gasteiger partial charge in [0.1, 0.15) is 10.8 Å². The lowest BCUT2D eigenvalue weighted by Gasteiger charge is -2.05. The number of halogens is 1. The molecule has 2 aromatic rings. The summed E-state index contributed by atoms with van der Waals surface area (Å²) in [5.74, 6) is -1.39. The summed E-state index contributed by atoms with van der Waals surface area (Å²) in [6, 6.07) is 7.23. The van der Waals surface area contributed by atoms with E-state index in [4.69, 9.17) is 10.8 Å². The SMILES string of the molecule is Nc1cc(C(=O)O)cnc1Sc1ccc(F)cc1. The van der Waals surface area contributed by atoms with Crippen molar-refractivity contribution in [2.24, 2.45) is 0 Å². The van der Waals surface area contributed by atoms with Gasteiger partial charge in [0.15, 0.2) is 0 Å². The summed E-state index contributed by atoms with van der Waals surface area (Å²) in [5.41, 5.74) is 6.04. The molecule has 0 atom stereocenters. The Morgan fingerprint density at radius 1 is 1.33 bits per heavy atom. The summed E-state index contributed by atoms with van der Waals surface area (Å²) >= 11 is 1.25. The number of benzene rings is 1. The molecule has 92 valence electrons. The molecule has 0 amide bonds. The van der Waals surface area contributed by atoms with Gasteiger partial charge in [-0.3, -0.25) is 0 Å². The van der Waals surface area contributed by atoms with Gasteiger partial charge < -0.3 is 10.8 Å². The highest BCUT2D eigenvalue weighted by atomic mass is 32.2. The van der Waals surface area contributed by atoms with Crippen LogP contribution >= 0.6 is 11.8 Å². The molecule has 4 nitrogen and oxygen atoms in total. The lowest BCUT2D eigenvalue weighted by molar-refractivity contribution is 0.0696. The van der Waals surface area contributed by atoms with Crippen LogP contribution in [-0.2, 0) is 0 Å². The number of carboxylic acid groups (broad SMARTS) is 1. The Kier molecular flexibility index (Phi) is 3.47. The van der Waals surface area contributed by atoms with E-state index in [-0.39, 0.29) is 17.1 Å². The first-order chi connectivity index (χ1) is 8.56.